The number of ketones is 1. The van der Waals surface area contributed by atoms with Gasteiger partial charge in [-0.25, -0.2) is 0 Å². The van der Waals surface area contributed by atoms with Crippen molar-refractivity contribution in [2.24, 2.45) is 5.73 Å². The predicted octanol–water partition coefficient (Wildman–Crippen LogP) is 1.24. The van der Waals surface area contributed by atoms with E-state index in [4.69, 9.17) is 10.8 Å². The van der Waals surface area contributed by atoms with Gasteiger partial charge in [-0.2, -0.15) is 0 Å². The smallest absolute Gasteiger partial charge is 0.138 e. The van der Waals surface area contributed by atoms with Crippen LogP contribution in [0.3, 0.4) is 0 Å². The van der Waals surface area contributed by atoms with Gasteiger partial charge in [0.2, 0.25) is 0 Å². The molecule has 0 saturated carbocycles. The van der Waals surface area contributed by atoms with Gasteiger partial charge in [0.05, 0.1) is 0 Å². The van der Waals surface area contributed by atoms with E-state index in [1.54, 1.807) is 24.3 Å². The van der Waals surface area contributed by atoms with Crippen LogP contribution in [-0.2, 0) is 11.2 Å². The van der Waals surface area contributed by atoms with Gasteiger partial charge in [0, 0.05) is 18.9 Å². The van der Waals surface area contributed by atoms with Crippen LogP contribution >= 0.6 is 0 Å². The molecule has 1 aromatic rings. The standard InChI is InChI=1S/C11H15NO2/c1-8(12)6-11(14)7-9-2-4-10(13)5-3-9/h2-5,8,13H,6-7,12H2,1H3. The number of Topliss-reactive ketones (excluding diaryl/α,β-unsaturated/α-hetero) is 1. The molecule has 0 saturated heterocycles. The molecule has 1 aromatic carbocycles. The van der Waals surface area contributed by atoms with E-state index in [1.807, 2.05) is 6.92 Å². The minimum Gasteiger partial charge on any atom is -0.508 e. The Kier molecular flexibility index (Phi) is 3.65. The zero-order valence-electron chi connectivity index (χ0n) is 8.23. The molecule has 3 N–H and O–H groups in total. The topological polar surface area (TPSA) is 63.3 Å². The lowest BCUT2D eigenvalue weighted by Crippen LogP contribution is -2.20. The van der Waals surface area contributed by atoms with E-state index in [9.17, 15) is 4.79 Å². The quantitative estimate of drug-likeness (QED) is 0.756. The zero-order chi connectivity index (χ0) is 10.6. The number of phenolic OH excluding ortho intramolecular Hbond substituents is 1. The average molecular weight is 193 g/mol. The summed E-state index contributed by atoms with van der Waals surface area (Å²) in [5, 5.41) is 9.03. The monoisotopic (exact) mass is 193 g/mol. The molecule has 0 fully saturated rings. The minimum absolute atomic E-state index is 0.0837. The van der Waals surface area contributed by atoms with Gasteiger partial charge < -0.3 is 10.8 Å². The van der Waals surface area contributed by atoms with Crippen LogP contribution < -0.4 is 5.73 Å². The van der Waals surface area contributed by atoms with E-state index in [0.717, 1.165) is 5.56 Å². The van der Waals surface area contributed by atoms with E-state index in [-0.39, 0.29) is 17.6 Å². The molecule has 0 aliphatic heterocycles. The van der Waals surface area contributed by atoms with E-state index in [0.29, 0.717) is 12.8 Å². The molecule has 0 aliphatic rings. The van der Waals surface area contributed by atoms with Crippen LogP contribution in [0.5, 0.6) is 5.75 Å². The maximum absolute atomic E-state index is 11.4. The van der Waals surface area contributed by atoms with Crippen LogP contribution in [-0.4, -0.2) is 16.9 Å². The van der Waals surface area contributed by atoms with Crippen molar-refractivity contribution in [3.63, 3.8) is 0 Å². The molecule has 0 radical (unpaired) electrons. The minimum atomic E-state index is -0.0837. The highest BCUT2D eigenvalue weighted by Gasteiger charge is 2.06. The molecule has 1 rings (SSSR count). The van der Waals surface area contributed by atoms with E-state index >= 15 is 0 Å². The third kappa shape index (κ3) is 3.58. The van der Waals surface area contributed by atoms with E-state index in [2.05, 4.69) is 0 Å². The number of hydrogen-bond acceptors (Lipinski definition) is 3. The van der Waals surface area contributed by atoms with Crippen molar-refractivity contribution in [3.8, 4) is 5.75 Å². The Labute approximate surface area is 83.6 Å². The van der Waals surface area contributed by atoms with Crippen LogP contribution in [0.15, 0.2) is 24.3 Å². The Bertz CT molecular complexity index is 304. The molecule has 0 aromatic heterocycles. The van der Waals surface area contributed by atoms with Gasteiger partial charge in [-0.3, -0.25) is 4.79 Å². The summed E-state index contributed by atoms with van der Waals surface area (Å²) in [5.41, 5.74) is 6.42. The van der Waals surface area contributed by atoms with Gasteiger partial charge in [-0.1, -0.05) is 12.1 Å². The highest BCUT2D eigenvalue weighted by molar-refractivity contribution is 5.81. The van der Waals surface area contributed by atoms with Crippen molar-refractivity contribution in [1.29, 1.82) is 0 Å². The Hall–Kier alpha value is -1.35. The Morgan fingerprint density at radius 2 is 2.00 bits per heavy atom. The molecule has 0 bridgehead atoms. The molecule has 1 unspecified atom stereocenters. The number of carbonyl (C=O) groups is 1. The Balaban J connectivity index is 2.52. The molecular weight excluding hydrogens is 178 g/mol. The summed E-state index contributed by atoms with van der Waals surface area (Å²) in [6.07, 6.45) is 0.794. The molecule has 0 spiro atoms. The first-order chi connectivity index (χ1) is 6.58. The molecule has 1 atom stereocenters. The number of phenols is 1. The van der Waals surface area contributed by atoms with Gasteiger partial charge in [0.15, 0.2) is 0 Å². The van der Waals surface area contributed by atoms with Crippen molar-refractivity contribution < 1.29 is 9.90 Å². The van der Waals surface area contributed by atoms with Crippen LogP contribution in [0.2, 0.25) is 0 Å². The van der Waals surface area contributed by atoms with Gasteiger partial charge >= 0.3 is 0 Å². The summed E-state index contributed by atoms with van der Waals surface area (Å²) in [5.74, 6) is 0.346. The SMILES string of the molecule is CC(N)CC(=O)Cc1ccc(O)cc1. The lowest BCUT2D eigenvalue weighted by molar-refractivity contribution is -0.118. The van der Waals surface area contributed by atoms with Crippen molar-refractivity contribution in [1.82, 2.24) is 0 Å². The highest BCUT2D eigenvalue weighted by Crippen LogP contribution is 2.10. The van der Waals surface area contributed by atoms with Crippen molar-refractivity contribution >= 4 is 5.78 Å². The average Bonchev–Trinajstić information content (AvgIpc) is 2.07. The molecule has 0 heterocycles. The fourth-order valence-electron chi connectivity index (χ4n) is 1.27. The second-order valence-electron chi connectivity index (χ2n) is 3.56. The Morgan fingerprint density at radius 1 is 1.43 bits per heavy atom. The van der Waals surface area contributed by atoms with Gasteiger partial charge in [0.25, 0.3) is 0 Å². The number of benzene rings is 1. The fraction of sp³-hybridized carbons (Fsp3) is 0.364. The largest absolute Gasteiger partial charge is 0.508 e. The molecule has 14 heavy (non-hydrogen) atoms. The normalized spacial score (nSPS) is 12.4. The fourth-order valence-corrected chi connectivity index (χ4v) is 1.27. The Morgan fingerprint density at radius 3 is 2.50 bits per heavy atom. The first-order valence-electron chi connectivity index (χ1n) is 4.63. The maximum atomic E-state index is 11.4. The molecule has 3 nitrogen and oxygen atoms in total. The zero-order valence-corrected chi connectivity index (χ0v) is 8.23. The summed E-state index contributed by atoms with van der Waals surface area (Å²) in [4.78, 5) is 11.4. The van der Waals surface area contributed by atoms with E-state index < -0.39 is 0 Å². The van der Waals surface area contributed by atoms with Crippen molar-refractivity contribution in [2.75, 3.05) is 0 Å². The van der Waals surface area contributed by atoms with Gasteiger partial charge in [0.1, 0.15) is 11.5 Å². The summed E-state index contributed by atoms with van der Waals surface area (Å²) in [7, 11) is 0. The molecule has 0 amide bonds. The van der Waals surface area contributed by atoms with Crippen LogP contribution in [0.4, 0.5) is 0 Å². The second-order valence-corrected chi connectivity index (χ2v) is 3.56. The van der Waals surface area contributed by atoms with E-state index in [1.165, 1.54) is 0 Å². The predicted molar refractivity (Wildman–Crippen MR) is 55.1 cm³/mol. The number of rotatable bonds is 4. The van der Waals surface area contributed by atoms with Crippen LogP contribution in [0.25, 0.3) is 0 Å². The molecule has 0 aliphatic carbocycles. The number of carbonyl (C=O) groups excluding carboxylic acids is 1. The maximum Gasteiger partial charge on any atom is 0.138 e. The first kappa shape index (κ1) is 10.7. The molecule has 3 heteroatoms. The number of aromatic hydroxyl groups is 1. The van der Waals surface area contributed by atoms with Crippen LogP contribution in [0.1, 0.15) is 18.9 Å². The lowest BCUT2D eigenvalue weighted by atomic mass is 10.0. The molecule has 76 valence electrons. The summed E-state index contributed by atoms with van der Waals surface area (Å²) < 4.78 is 0. The summed E-state index contributed by atoms with van der Waals surface area (Å²) in [6, 6.07) is 6.56. The number of hydrogen-bond donors (Lipinski definition) is 2. The highest BCUT2D eigenvalue weighted by atomic mass is 16.3. The molecular formula is C11H15NO2. The van der Waals surface area contributed by atoms with Crippen molar-refractivity contribution in [3.05, 3.63) is 29.8 Å². The number of nitrogens with two attached hydrogens (primary N) is 1. The van der Waals surface area contributed by atoms with Crippen molar-refractivity contribution in [2.45, 2.75) is 25.8 Å². The van der Waals surface area contributed by atoms with Gasteiger partial charge in [-0.05, 0) is 24.6 Å². The third-order valence-corrected chi connectivity index (χ3v) is 1.89. The summed E-state index contributed by atoms with van der Waals surface area (Å²) in [6.45, 7) is 1.81. The third-order valence-electron chi connectivity index (χ3n) is 1.89. The second kappa shape index (κ2) is 4.77. The van der Waals surface area contributed by atoms with Crippen LogP contribution in [0, 0.1) is 0 Å². The van der Waals surface area contributed by atoms with Gasteiger partial charge in [-0.15, -0.1) is 0 Å². The summed E-state index contributed by atoms with van der Waals surface area (Å²) >= 11 is 0. The lowest BCUT2D eigenvalue weighted by Gasteiger charge is -2.04. The first-order valence-corrected chi connectivity index (χ1v) is 4.63.